The maximum atomic E-state index is 2.61. The van der Waals surface area contributed by atoms with Crippen LogP contribution in [0.2, 0.25) is 0 Å². The van der Waals surface area contributed by atoms with Crippen molar-refractivity contribution in [2.24, 2.45) is 0 Å². The van der Waals surface area contributed by atoms with Gasteiger partial charge in [-0.25, -0.2) is 0 Å². The van der Waals surface area contributed by atoms with Crippen LogP contribution in [0.15, 0.2) is 146 Å². The van der Waals surface area contributed by atoms with Gasteiger partial charge in [-0.05, 0) is 119 Å². The van der Waals surface area contributed by atoms with Crippen LogP contribution in [0.3, 0.4) is 0 Å². The Hall–Kier alpha value is -4.74. The molecule has 0 amide bonds. The molecule has 0 spiro atoms. The lowest BCUT2D eigenvalue weighted by molar-refractivity contribution is 1.09. The van der Waals surface area contributed by atoms with Crippen molar-refractivity contribution < 1.29 is 0 Å². The van der Waals surface area contributed by atoms with Crippen LogP contribution < -0.4 is 31.0 Å². The first-order valence-electron chi connectivity index (χ1n) is 18.9. The zero-order valence-corrected chi connectivity index (χ0v) is 33.6. The highest BCUT2D eigenvalue weighted by molar-refractivity contribution is 7.90. The van der Waals surface area contributed by atoms with Crippen LogP contribution in [0.4, 0.5) is 22.7 Å². The Balaban J connectivity index is 1.50. The Morgan fingerprint density at radius 3 is 1.00 bits per heavy atom. The van der Waals surface area contributed by atoms with Gasteiger partial charge in [-0.3, -0.25) is 0 Å². The molecule has 4 heteroatoms. The number of fused-ring (bicyclic) bond motifs is 8. The number of anilines is 4. The number of hydrogen-bond donors (Lipinski definition) is 0. The molecule has 0 atom stereocenters. The van der Waals surface area contributed by atoms with Gasteiger partial charge in [-0.1, -0.05) is 111 Å². The molecule has 8 aromatic carbocycles. The fourth-order valence-corrected chi connectivity index (χ4v) is 15.1. The van der Waals surface area contributed by atoms with Gasteiger partial charge in [0.15, 0.2) is 0 Å². The molecule has 0 saturated heterocycles. The largest absolute Gasteiger partial charge is 0.341 e. The summed E-state index contributed by atoms with van der Waals surface area (Å²) in [5, 5.41) is 16.1. The smallest absolute Gasteiger partial charge is 0.123 e. The van der Waals surface area contributed by atoms with E-state index in [9.17, 15) is 0 Å². The molecule has 0 N–H and O–H groups in total. The van der Waals surface area contributed by atoms with Crippen molar-refractivity contribution in [3.8, 4) is 0 Å². The first-order valence-corrected chi connectivity index (χ1v) is 22.6. The number of nitrogens with zero attached hydrogens (tertiary/aromatic N) is 2. The zero-order chi connectivity index (χ0) is 36.6. The molecule has 0 fully saturated rings. The third-order valence-corrected chi connectivity index (χ3v) is 19.5. The van der Waals surface area contributed by atoms with E-state index in [1.807, 2.05) is 0 Å². The standard InChI is InChI=1S/C49H47N2P2/c1-32(2)52-46-28-38-20-12-8-16-34(38)24-42(46)50(5)44-26-36-18-10-14-22-40(36)30-48(44)53(7,33(3)4)49-31-41-23-15-11-19-37(41)27-45(49)51(6)43-25-35-17-9-13-21-39(35)29-47(43)52/h8-33H,1-7H3/q+1. The number of hydrogen-bond acceptors (Lipinski definition) is 2. The SMILES string of the molecule is CC(C)P1c2cc3ccccc3cc2N(C)c2cc3ccccc3cc2[P+](C)(C(C)C)c2cc3ccccc3cc2N(C)c2cc3ccccc3cc21. The molecule has 0 aliphatic carbocycles. The highest BCUT2D eigenvalue weighted by atomic mass is 31.2. The minimum atomic E-state index is -2.08. The summed E-state index contributed by atoms with van der Waals surface area (Å²) in [5.41, 5.74) is 6.02. The molecule has 1 aliphatic rings. The van der Waals surface area contributed by atoms with Crippen LogP contribution >= 0.6 is 15.2 Å². The second-order valence-corrected chi connectivity index (χ2v) is 22.4. The van der Waals surface area contributed by atoms with E-state index < -0.39 is 15.2 Å². The van der Waals surface area contributed by atoms with E-state index in [4.69, 9.17) is 0 Å². The first-order chi connectivity index (χ1) is 25.6. The third kappa shape index (κ3) is 5.45. The van der Waals surface area contributed by atoms with E-state index in [1.165, 1.54) is 87.1 Å². The predicted octanol–water partition coefficient (Wildman–Crippen LogP) is 12.0. The Morgan fingerprint density at radius 1 is 0.415 bits per heavy atom. The van der Waals surface area contributed by atoms with Crippen LogP contribution in [0.5, 0.6) is 0 Å². The monoisotopic (exact) mass is 725 g/mol. The maximum absolute atomic E-state index is 2.61. The quantitative estimate of drug-likeness (QED) is 0.164. The lowest BCUT2D eigenvalue weighted by Gasteiger charge is -2.38. The topological polar surface area (TPSA) is 6.48 Å². The lowest BCUT2D eigenvalue weighted by atomic mass is 10.1. The molecule has 0 radical (unpaired) electrons. The molecule has 0 aromatic heterocycles. The van der Waals surface area contributed by atoms with Crippen LogP contribution in [-0.2, 0) is 0 Å². The van der Waals surface area contributed by atoms with Crippen LogP contribution in [0.1, 0.15) is 27.7 Å². The second-order valence-electron chi connectivity index (χ2n) is 15.5. The Morgan fingerprint density at radius 2 is 0.698 bits per heavy atom. The van der Waals surface area contributed by atoms with Crippen molar-refractivity contribution in [1.82, 2.24) is 0 Å². The molecule has 0 bridgehead atoms. The number of rotatable bonds is 2. The van der Waals surface area contributed by atoms with Gasteiger partial charge >= 0.3 is 0 Å². The van der Waals surface area contributed by atoms with E-state index in [1.54, 1.807) is 0 Å². The summed E-state index contributed by atoms with van der Waals surface area (Å²) < 4.78 is 0. The summed E-state index contributed by atoms with van der Waals surface area (Å²) in [4.78, 5) is 5.13. The second kappa shape index (κ2) is 13.0. The summed E-state index contributed by atoms with van der Waals surface area (Å²) in [7, 11) is 1.77. The van der Waals surface area contributed by atoms with Crippen molar-refractivity contribution in [3.05, 3.63) is 146 Å². The average molecular weight is 726 g/mol. The van der Waals surface area contributed by atoms with Crippen LogP contribution in [-0.4, -0.2) is 32.1 Å². The zero-order valence-electron chi connectivity index (χ0n) is 31.8. The molecule has 0 saturated carbocycles. The van der Waals surface area contributed by atoms with Gasteiger partial charge < -0.3 is 9.80 Å². The molecule has 53 heavy (non-hydrogen) atoms. The van der Waals surface area contributed by atoms with Crippen molar-refractivity contribution in [2.75, 3.05) is 30.6 Å². The van der Waals surface area contributed by atoms with Gasteiger partial charge in [0.2, 0.25) is 0 Å². The minimum absolute atomic E-state index is 0.395. The molecule has 0 unspecified atom stereocenters. The summed E-state index contributed by atoms with van der Waals surface area (Å²) in [6.07, 6.45) is 0. The molecule has 1 heterocycles. The van der Waals surface area contributed by atoms with E-state index in [0.717, 1.165) is 0 Å². The minimum Gasteiger partial charge on any atom is -0.341 e. The molecule has 9 rings (SSSR count). The normalized spacial score (nSPS) is 17.5. The average Bonchev–Trinajstić information content (AvgIpc) is 3.18. The maximum Gasteiger partial charge on any atom is 0.123 e. The van der Waals surface area contributed by atoms with Crippen molar-refractivity contribution in [1.29, 1.82) is 0 Å². The molecular formula is C49H47N2P2+. The summed E-state index contributed by atoms with van der Waals surface area (Å²) in [6, 6.07) is 55.8. The summed E-state index contributed by atoms with van der Waals surface area (Å²) in [6.45, 7) is 12.4. The fourth-order valence-electron chi connectivity index (χ4n) is 8.70. The summed E-state index contributed by atoms with van der Waals surface area (Å²) >= 11 is 0. The van der Waals surface area contributed by atoms with E-state index in [0.29, 0.717) is 11.3 Å². The lowest BCUT2D eigenvalue weighted by Crippen LogP contribution is -2.36. The van der Waals surface area contributed by atoms with E-state index in [2.05, 4.69) is 204 Å². The molecule has 262 valence electrons. The van der Waals surface area contributed by atoms with Crippen LogP contribution in [0, 0.1) is 0 Å². The molecular weight excluding hydrogens is 679 g/mol. The number of benzene rings is 8. The van der Waals surface area contributed by atoms with Crippen molar-refractivity contribution in [2.45, 2.75) is 39.0 Å². The van der Waals surface area contributed by atoms with Gasteiger partial charge in [-0.15, -0.1) is 0 Å². The summed E-state index contributed by atoms with van der Waals surface area (Å²) in [5.74, 6) is 0. The highest BCUT2D eigenvalue weighted by Crippen LogP contribution is 2.62. The van der Waals surface area contributed by atoms with Gasteiger partial charge in [0, 0.05) is 36.1 Å². The van der Waals surface area contributed by atoms with Crippen molar-refractivity contribution >= 4 is 102 Å². The van der Waals surface area contributed by atoms with Gasteiger partial charge in [0.05, 0.1) is 31.0 Å². The molecule has 1 aliphatic heterocycles. The van der Waals surface area contributed by atoms with E-state index in [-0.39, 0.29) is 0 Å². The van der Waals surface area contributed by atoms with Crippen LogP contribution in [0.25, 0.3) is 43.1 Å². The van der Waals surface area contributed by atoms with Gasteiger partial charge in [0.1, 0.15) is 10.6 Å². The fraction of sp³-hybridized carbons (Fsp3) is 0.184. The Bertz CT molecular complexity index is 2540. The van der Waals surface area contributed by atoms with Gasteiger partial charge in [0.25, 0.3) is 0 Å². The third-order valence-electron chi connectivity index (χ3n) is 11.9. The highest BCUT2D eigenvalue weighted by Gasteiger charge is 2.47. The molecule has 2 nitrogen and oxygen atoms in total. The van der Waals surface area contributed by atoms with Gasteiger partial charge in [-0.2, -0.15) is 0 Å². The molecule has 8 aromatic rings. The van der Waals surface area contributed by atoms with E-state index >= 15 is 0 Å². The Kier molecular flexibility index (Phi) is 8.34. The first kappa shape index (κ1) is 34.1. The Labute approximate surface area is 316 Å². The predicted molar refractivity (Wildman–Crippen MR) is 240 cm³/mol. The van der Waals surface area contributed by atoms with Crippen molar-refractivity contribution in [3.63, 3.8) is 0 Å².